The summed E-state index contributed by atoms with van der Waals surface area (Å²) in [7, 11) is 0. The highest BCUT2D eigenvalue weighted by atomic mass is 32.1. The largest absolute Gasteiger partial charge is 0.466 e. The second-order valence-corrected chi connectivity index (χ2v) is 3.06. The van der Waals surface area contributed by atoms with Crippen LogP contribution in [-0.4, -0.2) is 22.2 Å². The minimum absolute atomic E-state index is 0.152. The highest BCUT2D eigenvalue weighted by Crippen LogP contribution is 2.12. The molecule has 0 amide bonds. The predicted octanol–water partition coefficient (Wildman–Crippen LogP) is 0.491. The first-order chi connectivity index (χ1) is 6.24. The van der Waals surface area contributed by atoms with E-state index in [1.165, 1.54) is 11.5 Å². The topological polar surface area (TPSA) is 78.1 Å². The van der Waals surface area contributed by atoms with Gasteiger partial charge in [-0.3, -0.25) is 4.79 Å². The van der Waals surface area contributed by atoms with Crippen molar-refractivity contribution >= 4 is 17.5 Å². The van der Waals surface area contributed by atoms with Crippen LogP contribution in [-0.2, 0) is 9.53 Å². The molecule has 0 saturated heterocycles. The fourth-order valence-corrected chi connectivity index (χ4v) is 1.36. The Morgan fingerprint density at radius 3 is 3.15 bits per heavy atom. The lowest BCUT2D eigenvalue weighted by atomic mass is 10.2. The molecule has 0 fully saturated rings. The number of aromatic nitrogens is 2. The summed E-state index contributed by atoms with van der Waals surface area (Å²) in [6.07, 6.45) is 0.152. The SMILES string of the molecule is CCOC(=O)C[C@@H](N)c1csnn1. The zero-order valence-corrected chi connectivity index (χ0v) is 8.08. The van der Waals surface area contributed by atoms with E-state index in [2.05, 4.69) is 9.59 Å². The molecule has 0 spiro atoms. The van der Waals surface area contributed by atoms with Crippen molar-refractivity contribution in [2.75, 3.05) is 6.61 Å². The number of nitrogens with two attached hydrogens (primary N) is 1. The van der Waals surface area contributed by atoms with E-state index in [9.17, 15) is 4.79 Å². The summed E-state index contributed by atoms with van der Waals surface area (Å²) in [6, 6.07) is -0.405. The molecule has 0 aliphatic carbocycles. The maximum atomic E-state index is 11.0. The molecule has 6 heteroatoms. The summed E-state index contributed by atoms with van der Waals surface area (Å²) in [4.78, 5) is 11.0. The molecular weight excluding hydrogens is 190 g/mol. The van der Waals surface area contributed by atoms with Gasteiger partial charge in [0.2, 0.25) is 0 Å². The third-order valence-corrected chi connectivity index (χ3v) is 1.97. The maximum Gasteiger partial charge on any atom is 0.307 e. The van der Waals surface area contributed by atoms with Crippen LogP contribution in [0, 0.1) is 0 Å². The third kappa shape index (κ3) is 3.08. The molecule has 2 N–H and O–H groups in total. The minimum Gasteiger partial charge on any atom is -0.466 e. The Balaban J connectivity index is 2.42. The van der Waals surface area contributed by atoms with Gasteiger partial charge in [0.15, 0.2) is 0 Å². The lowest BCUT2D eigenvalue weighted by Gasteiger charge is -2.06. The van der Waals surface area contributed by atoms with Crippen LogP contribution in [0.2, 0.25) is 0 Å². The number of ether oxygens (including phenoxy) is 1. The van der Waals surface area contributed by atoms with E-state index in [1.807, 2.05) is 0 Å². The van der Waals surface area contributed by atoms with Crippen molar-refractivity contribution in [3.05, 3.63) is 11.1 Å². The predicted molar refractivity (Wildman–Crippen MR) is 48.1 cm³/mol. The highest BCUT2D eigenvalue weighted by molar-refractivity contribution is 7.03. The number of hydrogen-bond donors (Lipinski definition) is 1. The van der Waals surface area contributed by atoms with Crippen molar-refractivity contribution in [1.29, 1.82) is 0 Å². The van der Waals surface area contributed by atoms with Crippen molar-refractivity contribution in [2.45, 2.75) is 19.4 Å². The molecular formula is C7H11N3O2S. The average Bonchev–Trinajstić information content (AvgIpc) is 2.55. The van der Waals surface area contributed by atoms with Crippen molar-refractivity contribution in [2.24, 2.45) is 5.73 Å². The van der Waals surface area contributed by atoms with Crippen molar-refractivity contribution in [3.8, 4) is 0 Å². The Morgan fingerprint density at radius 2 is 2.62 bits per heavy atom. The monoisotopic (exact) mass is 201 g/mol. The molecule has 72 valence electrons. The van der Waals surface area contributed by atoms with E-state index < -0.39 is 6.04 Å². The second-order valence-electron chi connectivity index (χ2n) is 2.45. The van der Waals surface area contributed by atoms with Gasteiger partial charge in [0, 0.05) is 5.38 Å². The van der Waals surface area contributed by atoms with E-state index in [-0.39, 0.29) is 12.4 Å². The molecule has 1 aromatic heterocycles. The van der Waals surface area contributed by atoms with Gasteiger partial charge < -0.3 is 10.5 Å². The summed E-state index contributed by atoms with van der Waals surface area (Å²) in [6.45, 7) is 2.13. The number of nitrogens with zero attached hydrogens (tertiary/aromatic N) is 2. The summed E-state index contributed by atoms with van der Waals surface area (Å²) in [5, 5.41) is 5.49. The fourth-order valence-electron chi connectivity index (χ4n) is 0.837. The standard InChI is InChI=1S/C7H11N3O2S/c1-2-12-7(11)3-5(8)6-4-13-10-9-6/h4-5H,2-3,8H2,1H3/t5-/m1/s1. The molecule has 0 radical (unpaired) electrons. The lowest BCUT2D eigenvalue weighted by Crippen LogP contribution is -2.17. The summed E-state index contributed by atoms with van der Waals surface area (Å²) < 4.78 is 8.40. The van der Waals surface area contributed by atoms with Crippen LogP contribution >= 0.6 is 11.5 Å². The highest BCUT2D eigenvalue weighted by Gasteiger charge is 2.14. The van der Waals surface area contributed by atoms with E-state index >= 15 is 0 Å². The first kappa shape index (κ1) is 10.1. The van der Waals surface area contributed by atoms with Gasteiger partial charge in [0.05, 0.1) is 24.8 Å². The van der Waals surface area contributed by atoms with Crippen LogP contribution in [0.25, 0.3) is 0 Å². The first-order valence-corrected chi connectivity index (χ1v) is 4.75. The number of hydrogen-bond acceptors (Lipinski definition) is 6. The molecule has 1 heterocycles. The van der Waals surface area contributed by atoms with Crippen LogP contribution in [0.1, 0.15) is 25.1 Å². The van der Waals surface area contributed by atoms with Gasteiger partial charge >= 0.3 is 5.97 Å². The molecule has 0 aliphatic heterocycles. The normalized spacial score (nSPS) is 12.5. The van der Waals surface area contributed by atoms with Crippen molar-refractivity contribution in [3.63, 3.8) is 0 Å². The Kier molecular flexibility index (Phi) is 3.78. The zero-order valence-electron chi connectivity index (χ0n) is 7.27. The van der Waals surface area contributed by atoms with Gasteiger partial charge in [-0.2, -0.15) is 0 Å². The molecule has 0 aliphatic rings. The van der Waals surface area contributed by atoms with Crippen LogP contribution in [0.4, 0.5) is 0 Å². The fraction of sp³-hybridized carbons (Fsp3) is 0.571. The molecule has 1 aromatic rings. The molecule has 1 rings (SSSR count). The molecule has 0 saturated carbocycles. The van der Waals surface area contributed by atoms with Crippen LogP contribution in [0.15, 0.2) is 5.38 Å². The van der Waals surface area contributed by atoms with E-state index in [4.69, 9.17) is 10.5 Å². The first-order valence-electron chi connectivity index (χ1n) is 3.92. The Hall–Kier alpha value is -1.01. The van der Waals surface area contributed by atoms with E-state index in [1.54, 1.807) is 12.3 Å². The van der Waals surface area contributed by atoms with E-state index in [0.717, 1.165) is 0 Å². The van der Waals surface area contributed by atoms with Crippen LogP contribution < -0.4 is 5.73 Å². The average molecular weight is 201 g/mol. The van der Waals surface area contributed by atoms with Gasteiger partial charge in [-0.1, -0.05) is 4.49 Å². The Morgan fingerprint density at radius 1 is 1.85 bits per heavy atom. The number of carbonyl (C=O) groups is 1. The molecule has 0 aromatic carbocycles. The number of rotatable bonds is 4. The van der Waals surface area contributed by atoms with Gasteiger partial charge in [0.25, 0.3) is 0 Å². The summed E-state index contributed by atoms with van der Waals surface area (Å²) in [5.74, 6) is -0.303. The third-order valence-electron chi connectivity index (χ3n) is 1.45. The molecule has 5 nitrogen and oxygen atoms in total. The van der Waals surface area contributed by atoms with Crippen molar-refractivity contribution < 1.29 is 9.53 Å². The van der Waals surface area contributed by atoms with Gasteiger partial charge in [-0.25, -0.2) is 0 Å². The number of carbonyl (C=O) groups excluding carboxylic acids is 1. The molecule has 1 atom stereocenters. The number of esters is 1. The zero-order chi connectivity index (χ0) is 9.68. The summed E-state index contributed by atoms with van der Waals surface area (Å²) >= 11 is 1.22. The Labute approximate surface area is 80.1 Å². The van der Waals surface area contributed by atoms with Crippen LogP contribution in [0.5, 0.6) is 0 Å². The Bertz CT molecular complexity index is 263. The summed E-state index contributed by atoms with van der Waals surface area (Å²) in [5.41, 5.74) is 6.31. The quantitative estimate of drug-likeness (QED) is 0.717. The van der Waals surface area contributed by atoms with Gasteiger partial charge in [-0.05, 0) is 18.5 Å². The van der Waals surface area contributed by atoms with Crippen molar-refractivity contribution in [1.82, 2.24) is 9.59 Å². The van der Waals surface area contributed by atoms with Crippen LogP contribution in [0.3, 0.4) is 0 Å². The smallest absolute Gasteiger partial charge is 0.307 e. The lowest BCUT2D eigenvalue weighted by molar-refractivity contribution is -0.143. The molecule has 0 unspecified atom stereocenters. The molecule has 0 bridgehead atoms. The van der Waals surface area contributed by atoms with Gasteiger partial charge in [-0.15, -0.1) is 5.10 Å². The maximum absolute atomic E-state index is 11.0. The molecule has 13 heavy (non-hydrogen) atoms. The van der Waals surface area contributed by atoms with E-state index in [0.29, 0.717) is 12.3 Å². The van der Waals surface area contributed by atoms with Gasteiger partial charge in [0.1, 0.15) is 0 Å². The second kappa shape index (κ2) is 4.88. The minimum atomic E-state index is -0.405.